The quantitative estimate of drug-likeness (QED) is 0.710. The Morgan fingerprint density at radius 1 is 1.15 bits per heavy atom. The molecular weight excluding hydrogens is 339 g/mol. The molecule has 0 spiro atoms. The van der Waals surface area contributed by atoms with Crippen molar-refractivity contribution in [1.29, 1.82) is 0 Å². The van der Waals surface area contributed by atoms with E-state index in [0.29, 0.717) is 22.7 Å². The summed E-state index contributed by atoms with van der Waals surface area (Å²) in [5.41, 5.74) is 1.68. The molecule has 1 heterocycles. The molecule has 0 saturated heterocycles. The number of para-hydroxylation sites is 1. The maximum atomic E-state index is 13.0. The highest BCUT2D eigenvalue weighted by atomic mass is 19.1. The van der Waals surface area contributed by atoms with Gasteiger partial charge in [-0.3, -0.25) is 4.79 Å². The van der Waals surface area contributed by atoms with E-state index in [1.165, 1.54) is 19.2 Å². The van der Waals surface area contributed by atoms with E-state index in [9.17, 15) is 14.0 Å². The molecule has 0 saturated carbocycles. The molecule has 0 fully saturated rings. The molecule has 3 rings (SSSR count). The van der Waals surface area contributed by atoms with Crippen LogP contribution in [-0.4, -0.2) is 24.1 Å². The van der Waals surface area contributed by atoms with Gasteiger partial charge in [-0.05, 0) is 36.4 Å². The number of halogens is 1. The molecule has 0 bridgehead atoms. The molecule has 0 radical (unpaired) electrons. The third kappa shape index (κ3) is 3.94. The number of nitrogens with one attached hydrogen (secondary N) is 1. The van der Waals surface area contributed by atoms with Crippen LogP contribution in [0.5, 0.6) is 0 Å². The van der Waals surface area contributed by atoms with Crippen molar-refractivity contribution in [3.05, 3.63) is 71.7 Å². The highest BCUT2D eigenvalue weighted by molar-refractivity contribution is 6.01. The number of ether oxygens (including phenoxy) is 1. The number of nitrogens with zero attached hydrogens (tertiary/aromatic N) is 1. The zero-order chi connectivity index (χ0) is 18.5. The fourth-order valence-corrected chi connectivity index (χ4v) is 2.38. The van der Waals surface area contributed by atoms with Crippen molar-refractivity contribution in [2.24, 2.45) is 0 Å². The highest BCUT2D eigenvalue weighted by Gasteiger charge is 2.15. The van der Waals surface area contributed by atoms with Crippen LogP contribution in [0.4, 0.5) is 10.1 Å². The van der Waals surface area contributed by atoms with Gasteiger partial charge in [0.25, 0.3) is 0 Å². The summed E-state index contributed by atoms with van der Waals surface area (Å²) in [5.74, 6) is -0.818. The lowest BCUT2D eigenvalue weighted by molar-refractivity contribution is -0.115. The van der Waals surface area contributed by atoms with Crippen molar-refractivity contribution >= 4 is 17.6 Å². The number of anilines is 1. The van der Waals surface area contributed by atoms with Gasteiger partial charge in [-0.15, -0.1) is 0 Å². The van der Waals surface area contributed by atoms with E-state index in [1.807, 2.05) is 0 Å². The number of hydrogen-bond acceptors (Lipinski definition) is 5. The number of carbonyl (C=O) groups excluding carboxylic acids is 2. The van der Waals surface area contributed by atoms with Crippen LogP contribution in [0.1, 0.15) is 16.1 Å². The fourth-order valence-electron chi connectivity index (χ4n) is 2.38. The van der Waals surface area contributed by atoms with E-state index >= 15 is 0 Å². The number of benzene rings is 2. The predicted molar refractivity (Wildman–Crippen MR) is 92.0 cm³/mol. The minimum absolute atomic E-state index is 0.0415. The SMILES string of the molecule is COC(=O)c1ccccc1NC(=O)Cc1cc(-c2ccc(F)cc2)on1. The minimum Gasteiger partial charge on any atom is -0.465 e. The first-order chi connectivity index (χ1) is 12.6. The summed E-state index contributed by atoms with van der Waals surface area (Å²) < 4.78 is 22.9. The first kappa shape index (κ1) is 17.3. The Morgan fingerprint density at radius 2 is 1.88 bits per heavy atom. The lowest BCUT2D eigenvalue weighted by atomic mass is 10.1. The summed E-state index contributed by atoms with van der Waals surface area (Å²) in [6, 6.07) is 13.9. The molecule has 7 heteroatoms. The molecule has 132 valence electrons. The first-order valence-corrected chi connectivity index (χ1v) is 7.75. The predicted octanol–water partition coefficient (Wildman–Crippen LogP) is 3.45. The number of esters is 1. The van der Waals surface area contributed by atoms with Crippen LogP contribution < -0.4 is 5.32 Å². The Balaban J connectivity index is 1.70. The van der Waals surface area contributed by atoms with Crippen molar-refractivity contribution in [2.45, 2.75) is 6.42 Å². The molecule has 0 aliphatic heterocycles. The summed E-state index contributed by atoms with van der Waals surface area (Å²) in [5, 5.41) is 6.51. The molecule has 1 amide bonds. The smallest absolute Gasteiger partial charge is 0.339 e. The summed E-state index contributed by atoms with van der Waals surface area (Å²) in [6.45, 7) is 0. The molecule has 2 aromatic carbocycles. The first-order valence-electron chi connectivity index (χ1n) is 7.75. The van der Waals surface area contributed by atoms with Gasteiger partial charge in [0.05, 0.1) is 30.5 Å². The van der Waals surface area contributed by atoms with Crippen molar-refractivity contribution in [1.82, 2.24) is 5.16 Å². The molecule has 3 aromatic rings. The molecule has 0 aliphatic rings. The van der Waals surface area contributed by atoms with Crippen LogP contribution in [0.25, 0.3) is 11.3 Å². The number of rotatable bonds is 5. The molecular formula is C19H15FN2O4. The van der Waals surface area contributed by atoms with Gasteiger partial charge in [0, 0.05) is 11.6 Å². The average molecular weight is 354 g/mol. The fraction of sp³-hybridized carbons (Fsp3) is 0.105. The Kier molecular flexibility index (Phi) is 5.07. The van der Waals surface area contributed by atoms with Crippen molar-refractivity contribution in [3.63, 3.8) is 0 Å². The molecule has 26 heavy (non-hydrogen) atoms. The van der Waals surface area contributed by atoms with Crippen LogP contribution in [-0.2, 0) is 16.0 Å². The van der Waals surface area contributed by atoms with Crippen LogP contribution in [0.3, 0.4) is 0 Å². The van der Waals surface area contributed by atoms with Crippen LogP contribution in [0, 0.1) is 5.82 Å². The zero-order valence-corrected chi connectivity index (χ0v) is 13.9. The summed E-state index contributed by atoms with van der Waals surface area (Å²) in [4.78, 5) is 24.0. The second kappa shape index (κ2) is 7.60. The Bertz CT molecular complexity index is 935. The maximum Gasteiger partial charge on any atom is 0.339 e. The van der Waals surface area contributed by atoms with Gasteiger partial charge in [-0.1, -0.05) is 17.3 Å². The molecule has 6 nitrogen and oxygen atoms in total. The summed E-state index contributed by atoms with van der Waals surface area (Å²) >= 11 is 0. The van der Waals surface area contributed by atoms with E-state index < -0.39 is 5.97 Å². The molecule has 0 atom stereocenters. The zero-order valence-electron chi connectivity index (χ0n) is 13.9. The maximum absolute atomic E-state index is 13.0. The van der Waals surface area contributed by atoms with Crippen LogP contribution >= 0.6 is 0 Å². The summed E-state index contributed by atoms with van der Waals surface area (Å²) in [6.07, 6.45) is -0.0415. The van der Waals surface area contributed by atoms with Gasteiger partial charge in [0.1, 0.15) is 5.82 Å². The van der Waals surface area contributed by atoms with Crippen LogP contribution in [0.15, 0.2) is 59.1 Å². The number of carbonyl (C=O) groups is 2. The normalized spacial score (nSPS) is 10.4. The van der Waals surface area contributed by atoms with E-state index in [0.717, 1.165) is 0 Å². The van der Waals surface area contributed by atoms with Crippen molar-refractivity contribution in [3.8, 4) is 11.3 Å². The Labute approximate surface area is 148 Å². The number of hydrogen-bond donors (Lipinski definition) is 1. The number of aromatic nitrogens is 1. The molecule has 1 N–H and O–H groups in total. The standard InChI is InChI=1S/C19H15FN2O4/c1-25-19(24)15-4-2-3-5-16(15)21-18(23)11-14-10-17(26-22-14)12-6-8-13(20)9-7-12/h2-10H,11H2,1H3,(H,21,23). The van der Waals surface area contributed by atoms with Gasteiger partial charge < -0.3 is 14.6 Å². The molecule has 1 aromatic heterocycles. The van der Waals surface area contributed by atoms with Gasteiger partial charge >= 0.3 is 5.97 Å². The van der Waals surface area contributed by atoms with E-state index in [4.69, 9.17) is 9.26 Å². The third-order valence-corrected chi connectivity index (χ3v) is 3.64. The van der Waals surface area contributed by atoms with Gasteiger partial charge in [-0.2, -0.15) is 0 Å². The third-order valence-electron chi connectivity index (χ3n) is 3.64. The number of amides is 1. The molecule has 0 unspecified atom stereocenters. The second-order valence-electron chi connectivity index (χ2n) is 5.45. The Morgan fingerprint density at radius 3 is 2.62 bits per heavy atom. The van der Waals surface area contributed by atoms with Gasteiger partial charge in [0.2, 0.25) is 5.91 Å². The highest BCUT2D eigenvalue weighted by Crippen LogP contribution is 2.21. The lowest BCUT2D eigenvalue weighted by Crippen LogP contribution is -2.17. The molecule has 0 aliphatic carbocycles. The summed E-state index contributed by atoms with van der Waals surface area (Å²) in [7, 11) is 1.27. The van der Waals surface area contributed by atoms with Crippen molar-refractivity contribution < 1.29 is 23.2 Å². The minimum atomic E-state index is -0.541. The lowest BCUT2D eigenvalue weighted by Gasteiger charge is -2.08. The largest absolute Gasteiger partial charge is 0.465 e. The average Bonchev–Trinajstić information content (AvgIpc) is 3.10. The Hall–Kier alpha value is -3.48. The van der Waals surface area contributed by atoms with Gasteiger partial charge in [0.15, 0.2) is 5.76 Å². The monoisotopic (exact) mass is 354 g/mol. The number of methoxy groups -OCH3 is 1. The van der Waals surface area contributed by atoms with Crippen LogP contribution in [0.2, 0.25) is 0 Å². The van der Waals surface area contributed by atoms with E-state index in [1.54, 1.807) is 42.5 Å². The second-order valence-corrected chi connectivity index (χ2v) is 5.45. The van der Waals surface area contributed by atoms with E-state index in [2.05, 4.69) is 10.5 Å². The van der Waals surface area contributed by atoms with E-state index in [-0.39, 0.29) is 23.7 Å². The van der Waals surface area contributed by atoms with Gasteiger partial charge in [-0.25, -0.2) is 9.18 Å². The van der Waals surface area contributed by atoms with Crippen molar-refractivity contribution in [2.75, 3.05) is 12.4 Å². The topological polar surface area (TPSA) is 81.4 Å².